The van der Waals surface area contributed by atoms with Crippen LogP contribution in [0.1, 0.15) is 6.92 Å². The van der Waals surface area contributed by atoms with Crippen LogP contribution in [-0.2, 0) is 6.54 Å². The second-order valence-electron chi connectivity index (χ2n) is 4.28. The van der Waals surface area contributed by atoms with Gasteiger partial charge in [0.1, 0.15) is 0 Å². The molecular weight excluding hydrogens is 368 g/mol. The van der Waals surface area contributed by atoms with E-state index < -0.39 is 0 Å². The monoisotopic (exact) mass is 378 g/mol. The van der Waals surface area contributed by atoms with Crippen LogP contribution in [0.3, 0.4) is 0 Å². The first-order valence-electron chi connectivity index (χ1n) is 6.46. The molecule has 0 radical (unpaired) electrons. The third-order valence-corrected chi connectivity index (χ3v) is 4.36. The summed E-state index contributed by atoms with van der Waals surface area (Å²) in [6.45, 7) is 2.49. The number of hydrogen-bond acceptors (Lipinski definition) is 6. The molecule has 0 saturated carbocycles. The van der Waals surface area contributed by atoms with Crippen molar-refractivity contribution in [2.24, 2.45) is 0 Å². The molecule has 22 heavy (non-hydrogen) atoms. The van der Waals surface area contributed by atoms with Crippen molar-refractivity contribution >= 4 is 27.7 Å². The first-order valence-corrected chi connectivity index (χ1v) is 8.07. The number of aromatic nitrogens is 6. The summed E-state index contributed by atoms with van der Waals surface area (Å²) < 4.78 is 4.12. The van der Waals surface area contributed by atoms with Crippen LogP contribution in [0.2, 0.25) is 0 Å². The first kappa shape index (κ1) is 14.9. The predicted octanol–water partition coefficient (Wildman–Crippen LogP) is 2.15. The lowest BCUT2D eigenvalue weighted by Gasteiger charge is -2.05. The molecule has 3 rings (SSSR count). The van der Waals surface area contributed by atoms with Crippen LogP contribution in [0.25, 0.3) is 5.69 Å². The normalized spacial score (nSPS) is 10.8. The molecule has 112 valence electrons. The molecule has 0 fully saturated rings. The summed E-state index contributed by atoms with van der Waals surface area (Å²) in [5.74, 6) is 0. The Kier molecular flexibility index (Phi) is 4.34. The van der Waals surface area contributed by atoms with Crippen LogP contribution in [0.5, 0.6) is 0 Å². The third kappa shape index (κ3) is 2.95. The van der Waals surface area contributed by atoms with Crippen molar-refractivity contribution in [3.05, 3.63) is 51.5 Å². The highest BCUT2D eigenvalue weighted by atomic mass is 79.9. The Labute approximate surface area is 138 Å². The maximum atomic E-state index is 12.2. The van der Waals surface area contributed by atoms with E-state index in [0.29, 0.717) is 16.7 Å². The molecule has 0 amide bonds. The maximum Gasteiger partial charge on any atom is 0.283 e. The van der Waals surface area contributed by atoms with Crippen molar-refractivity contribution in [3.8, 4) is 5.69 Å². The zero-order valence-electron chi connectivity index (χ0n) is 11.5. The van der Waals surface area contributed by atoms with Crippen LogP contribution in [-0.4, -0.2) is 29.8 Å². The largest absolute Gasteiger partial charge is 0.312 e. The van der Waals surface area contributed by atoms with E-state index in [9.17, 15) is 4.79 Å². The second-order valence-corrected chi connectivity index (χ2v) is 6.15. The van der Waals surface area contributed by atoms with Crippen molar-refractivity contribution in [1.29, 1.82) is 0 Å². The standard InChI is InChI=1S/C13H11BrN6OS/c1-2-19-8-7-15-11(12(19)21)22-13-16-17-18-20(13)10-5-3-9(14)4-6-10/h3-8H,2H2,1H3. The molecule has 3 aromatic rings. The molecule has 0 saturated heterocycles. The van der Waals surface area contributed by atoms with Crippen molar-refractivity contribution in [3.63, 3.8) is 0 Å². The van der Waals surface area contributed by atoms with E-state index in [2.05, 4.69) is 36.4 Å². The predicted molar refractivity (Wildman–Crippen MR) is 85.1 cm³/mol. The fourth-order valence-electron chi connectivity index (χ4n) is 1.82. The molecule has 0 N–H and O–H groups in total. The van der Waals surface area contributed by atoms with E-state index in [1.165, 1.54) is 0 Å². The average molecular weight is 379 g/mol. The van der Waals surface area contributed by atoms with Gasteiger partial charge in [-0.15, -0.1) is 5.10 Å². The summed E-state index contributed by atoms with van der Waals surface area (Å²) >= 11 is 4.53. The van der Waals surface area contributed by atoms with Crippen molar-refractivity contribution in [2.75, 3.05) is 0 Å². The van der Waals surface area contributed by atoms with E-state index in [4.69, 9.17) is 0 Å². The van der Waals surface area contributed by atoms with Crippen molar-refractivity contribution in [2.45, 2.75) is 23.7 Å². The van der Waals surface area contributed by atoms with Crippen LogP contribution in [0.15, 0.2) is 56.1 Å². The van der Waals surface area contributed by atoms with Gasteiger partial charge in [-0.1, -0.05) is 15.9 Å². The van der Waals surface area contributed by atoms with Gasteiger partial charge in [-0.2, -0.15) is 4.68 Å². The van der Waals surface area contributed by atoms with Gasteiger partial charge in [0.05, 0.1) is 5.69 Å². The lowest BCUT2D eigenvalue weighted by Crippen LogP contribution is -2.21. The first-order chi connectivity index (χ1) is 10.7. The van der Waals surface area contributed by atoms with E-state index in [1.807, 2.05) is 31.2 Å². The molecule has 0 aliphatic heterocycles. The highest BCUT2D eigenvalue weighted by Gasteiger charge is 2.14. The lowest BCUT2D eigenvalue weighted by atomic mass is 10.3. The summed E-state index contributed by atoms with van der Waals surface area (Å²) in [7, 11) is 0. The van der Waals surface area contributed by atoms with Crippen molar-refractivity contribution in [1.82, 2.24) is 29.8 Å². The number of nitrogens with zero attached hydrogens (tertiary/aromatic N) is 6. The van der Waals surface area contributed by atoms with E-state index >= 15 is 0 Å². The molecular formula is C13H11BrN6OS. The topological polar surface area (TPSA) is 78.5 Å². The Balaban J connectivity index is 1.96. The van der Waals surface area contributed by atoms with E-state index in [-0.39, 0.29) is 5.56 Å². The number of hydrogen-bond donors (Lipinski definition) is 0. The van der Waals surface area contributed by atoms with E-state index in [0.717, 1.165) is 21.9 Å². The minimum atomic E-state index is -0.152. The van der Waals surface area contributed by atoms with Gasteiger partial charge in [0, 0.05) is 23.4 Å². The Morgan fingerprint density at radius 1 is 1.27 bits per heavy atom. The summed E-state index contributed by atoms with van der Waals surface area (Å²) in [4.78, 5) is 16.3. The molecule has 2 aromatic heterocycles. The highest BCUT2D eigenvalue weighted by molar-refractivity contribution is 9.10. The van der Waals surface area contributed by atoms with Gasteiger partial charge >= 0.3 is 0 Å². The van der Waals surface area contributed by atoms with Crippen molar-refractivity contribution < 1.29 is 0 Å². The van der Waals surface area contributed by atoms with Gasteiger partial charge in [0.25, 0.3) is 5.56 Å². The Morgan fingerprint density at radius 3 is 2.77 bits per heavy atom. The third-order valence-electron chi connectivity index (χ3n) is 2.92. The number of benzene rings is 1. The Morgan fingerprint density at radius 2 is 2.05 bits per heavy atom. The molecule has 1 aromatic carbocycles. The van der Waals surface area contributed by atoms with Crippen LogP contribution < -0.4 is 5.56 Å². The van der Waals surface area contributed by atoms with Crippen LogP contribution in [0.4, 0.5) is 0 Å². The van der Waals surface area contributed by atoms with Gasteiger partial charge in [-0.25, -0.2) is 4.98 Å². The molecule has 0 spiro atoms. The minimum absolute atomic E-state index is 0.152. The van der Waals surface area contributed by atoms with Crippen LogP contribution >= 0.6 is 27.7 Å². The number of aryl methyl sites for hydroxylation is 1. The van der Waals surface area contributed by atoms with Gasteiger partial charge in [-0.05, 0) is 53.4 Å². The number of halogens is 1. The fraction of sp³-hybridized carbons (Fsp3) is 0.154. The Bertz CT molecular complexity index is 844. The zero-order chi connectivity index (χ0) is 15.5. The zero-order valence-corrected chi connectivity index (χ0v) is 14.0. The van der Waals surface area contributed by atoms with Crippen LogP contribution in [0, 0.1) is 0 Å². The molecule has 9 heteroatoms. The molecule has 0 bridgehead atoms. The molecule has 0 aliphatic rings. The highest BCUT2D eigenvalue weighted by Crippen LogP contribution is 2.23. The fourth-order valence-corrected chi connectivity index (χ4v) is 2.88. The summed E-state index contributed by atoms with van der Waals surface area (Å²) in [6.07, 6.45) is 3.26. The van der Waals surface area contributed by atoms with Gasteiger partial charge in [-0.3, -0.25) is 4.79 Å². The summed E-state index contributed by atoms with van der Waals surface area (Å²) in [6, 6.07) is 7.56. The number of tetrazole rings is 1. The number of rotatable bonds is 4. The molecule has 7 nitrogen and oxygen atoms in total. The lowest BCUT2D eigenvalue weighted by molar-refractivity contribution is 0.690. The molecule has 0 aliphatic carbocycles. The Hall–Kier alpha value is -2.00. The van der Waals surface area contributed by atoms with Gasteiger partial charge in [0.15, 0.2) is 5.03 Å². The minimum Gasteiger partial charge on any atom is -0.312 e. The van der Waals surface area contributed by atoms with Gasteiger partial charge < -0.3 is 4.57 Å². The molecule has 2 heterocycles. The maximum absolute atomic E-state index is 12.2. The summed E-state index contributed by atoms with van der Waals surface area (Å²) in [5, 5.41) is 12.5. The summed E-state index contributed by atoms with van der Waals surface area (Å²) in [5.41, 5.74) is 0.655. The van der Waals surface area contributed by atoms with E-state index in [1.54, 1.807) is 21.6 Å². The van der Waals surface area contributed by atoms with Gasteiger partial charge in [0.2, 0.25) is 5.16 Å². The molecule has 0 unspecified atom stereocenters. The molecule has 0 atom stereocenters. The average Bonchev–Trinajstić information content (AvgIpc) is 2.98. The smallest absolute Gasteiger partial charge is 0.283 e. The second kappa shape index (κ2) is 6.41. The quantitative estimate of drug-likeness (QED) is 0.691. The SMILES string of the molecule is CCn1ccnc(Sc2nnnn2-c2ccc(Br)cc2)c1=O.